The number of benzene rings is 1. The molecule has 0 radical (unpaired) electrons. The zero-order chi connectivity index (χ0) is 14.7. The molecular formula is C16H19BrN2OS. The molecule has 3 rings (SSSR count). The van der Waals surface area contributed by atoms with Crippen LogP contribution in [0.5, 0.6) is 5.75 Å². The van der Waals surface area contributed by atoms with E-state index in [0.717, 1.165) is 28.9 Å². The predicted octanol–water partition coefficient (Wildman–Crippen LogP) is 4.09. The number of halogens is 1. The van der Waals surface area contributed by atoms with Gasteiger partial charge in [-0.15, -0.1) is 11.3 Å². The van der Waals surface area contributed by atoms with Gasteiger partial charge in [-0.2, -0.15) is 0 Å². The first-order valence-corrected chi connectivity index (χ1v) is 8.93. The van der Waals surface area contributed by atoms with Crippen molar-refractivity contribution in [2.75, 3.05) is 6.61 Å². The van der Waals surface area contributed by atoms with Gasteiger partial charge < -0.3 is 10.1 Å². The molecule has 1 heterocycles. The summed E-state index contributed by atoms with van der Waals surface area (Å²) in [5.74, 6) is 0.980. The molecule has 3 nitrogen and oxygen atoms in total. The first kappa shape index (κ1) is 15.0. The third-order valence-corrected chi connectivity index (χ3v) is 5.10. The molecule has 1 fully saturated rings. The van der Waals surface area contributed by atoms with Gasteiger partial charge in [-0.1, -0.05) is 15.9 Å². The normalized spacial score (nSPS) is 14.4. The summed E-state index contributed by atoms with van der Waals surface area (Å²) in [6, 6.07) is 6.93. The molecule has 0 bridgehead atoms. The molecule has 1 N–H and O–H groups in total. The molecule has 2 aromatic rings. The number of ether oxygens (including phenoxy) is 1. The summed E-state index contributed by atoms with van der Waals surface area (Å²) in [4.78, 5) is 5.58. The van der Waals surface area contributed by atoms with Crippen LogP contribution in [0.3, 0.4) is 0 Å². The van der Waals surface area contributed by atoms with E-state index in [4.69, 9.17) is 4.74 Å². The van der Waals surface area contributed by atoms with Crippen LogP contribution in [0.4, 0.5) is 0 Å². The fraction of sp³-hybridized carbons (Fsp3) is 0.438. The van der Waals surface area contributed by atoms with Crippen molar-refractivity contribution in [3.05, 3.63) is 44.3 Å². The molecular weight excluding hydrogens is 348 g/mol. The minimum absolute atomic E-state index is 0.696. The van der Waals surface area contributed by atoms with E-state index in [9.17, 15) is 0 Å². The van der Waals surface area contributed by atoms with Crippen LogP contribution >= 0.6 is 27.3 Å². The summed E-state index contributed by atoms with van der Waals surface area (Å²) in [6.45, 7) is 3.62. The molecule has 0 saturated heterocycles. The molecule has 1 aliphatic carbocycles. The maximum Gasteiger partial charge on any atom is 0.123 e. The van der Waals surface area contributed by atoms with E-state index in [2.05, 4.69) is 39.2 Å². The highest BCUT2D eigenvalue weighted by Crippen LogP contribution is 2.26. The average molecular weight is 367 g/mol. The Morgan fingerprint density at radius 3 is 3.00 bits per heavy atom. The highest BCUT2D eigenvalue weighted by Gasteiger charge is 2.20. The predicted molar refractivity (Wildman–Crippen MR) is 90.1 cm³/mol. The Morgan fingerprint density at radius 2 is 2.29 bits per heavy atom. The first-order valence-electron chi connectivity index (χ1n) is 7.26. The zero-order valence-electron chi connectivity index (χ0n) is 12.1. The molecule has 0 unspecified atom stereocenters. The monoisotopic (exact) mass is 366 g/mol. The number of nitrogens with zero attached hydrogens (tertiary/aromatic N) is 1. The SMILES string of the molecule is Cc1ncsc1CCOc1ccc(Br)cc1CNC1CC1. The van der Waals surface area contributed by atoms with Crippen LogP contribution in [0.25, 0.3) is 0 Å². The number of aryl methyl sites for hydroxylation is 1. The third kappa shape index (κ3) is 4.28. The van der Waals surface area contributed by atoms with Gasteiger partial charge in [-0.05, 0) is 38.0 Å². The van der Waals surface area contributed by atoms with E-state index in [1.54, 1.807) is 11.3 Å². The van der Waals surface area contributed by atoms with Crippen molar-refractivity contribution >= 4 is 27.3 Å². The van der Waals surface area contributed by atoms with Gasteiger partial charge >= 0.3 is 0 Å². The number of aromatic nitrogens is 1. The van der Waals surface area contributed by atoms with Crippen molar-refractivity contribution in [2.24, 2.45) is 0 Å². The molecule has 5 heteroatoms. The van der Waals surface area contributed by atoms with Crippen molar-refractivity contribution in [2.45, 2.75) is 38.8 Å². The lowest BCUT2D eigenvalue weighted by molar-refractivity contribution is 0.318. The number of rotatable bonds is 7. The van der Waals surface area contributed by atoms with Crippen LogP contribution in [0, 0.1) is 6.92 Å². The Bertz CT molecular complexity index is 610. The van der Waals surface area contributed by atoms with E-state index in [1.807, 2.05) is 17.6 Å². The van der Waals surface area contributed by atoms with Crippen LogP contribution in [-0.4, -0.2) is 17.6 Å². The molecule has 1 aromatic carbocycles. The second-order valence-corrected chi connectivity index (χ2v) is 7.22. The van der Waals surface area contributed by atoms with E-state index in [-0.39, 0.29) is 0 Å². The van der Waals surface area contributed by atoms with E-state index < -0.39 is 0 Å². The fourth-order valence-corrected chi connectivity index (χ4v) is 3.36. The summed E-state index contributed by atoms with van der Waals surface area (Å²) in [7, 11) is 0. The summed E-state index contributed by atoms with van der Waals surface area (Å²) >= 11 is 5.24. The molecule has 21 heavy (non-hydrogen) atoms. The molecule has 1 saturated carbocycles. The van der Waals surface area contributed by atoms with Crippen molar-refractivity contribution in [3.63, 3.8) is 0 Å². The molecule has 1 aromatic heterocycles. The second kappa shape index (κ2) is 6.90. The Hall–Kier alpha value is -0.910. The highest BCUT2D eigenvalue weighted by molar-refractivity contribution is 9.10. The standard InChI is InChI=1S/C16H19BrN2OS/c1-11-16(21-10-19-11)6-7-20-15-5-2-13(17)8-12(15)9-18-14-3-4-14/h2,5,8,10,14,18H,3-4,6-7,9H2,1H3. The maximum absolute atomic E-state index is 5.99. The van der Waals surface area contributed by atoms with E-state index in [0.29, 0.717) is 12.6 Å². The van der Waals surface area contributed by atoms with Gasteiger partial charge in [0.2, 0.25) is 0 Å². The number of thiazole rings is 1. The van der Waals surface area contributed by atoms with Crippen LogP contribution in [0.2, 0.25) is 0 Å². The average Bonchev–Trinajstić information content (AvgIpc) is 3.21. The number of hydrogen-bond acceptors (Lipinski definition) is 4. The second-order valence-electron chi connectivity index (χ2n) is 5.37. The smallest absolute Gasteiger partial charge is 0.123 e. The molecule has 112 valence electrons. The summed E-state index contributed by atoms with van der Waals surface area (Å²) in [5, 5.41) is 3.54. The lowest BCUT2D eigenvalue weighted by Crippen LogP contribution is -2.16. The Balaban J connectivity index is 1.59. The largest absolute Gasteiger partial charge is 0.493 e. The van der Waals surface area contributed by atoms with Crippen molar-refractivity contribution in [3.8, 4) is 5.75 Å². The maximum atomic E-state index is 5.99. The van der Waals surface area contributed by atoms with Crippen LogP contribution < -0.4 is 10.1 Å². The lowest BCUT2D eigenvalue weighted by Gasteiger charge is -2.12. The minimum Gasteiger partial charge on any atom is -0.493 e. The van der Waals surface area contributed by atoms with Crippen molar-refractivity contribution < 1.29 is 4.74 Å². The van der Waals surface area contributed by atoms with E-state index in [1.165, 1.54) is 23.3 Å². The Labute approximate surface area is 137 Å². The topological polar surface area (TPSA) is 34.1 Å². The molecule has 0 amide bonds. The highest BCUT2D eigenvalue weighted by atomic mass is 79.9. The molecule has 1 aliphatic rings. The Kier molecular flexibility index (Phi) is 4.93. The Morgan fingerprint density at radius 1 is 1.43 bits per heavy atom. The summed E-state index contributed by atoms with van der Waals surface area (Å²) in [5.41, 5.74) is 4.24. The lowest BCUT2D eigenvalue weighted by atomic mass is 10.2. The quantitative estimate of drug-likeness (QED) is 0.801. The van der Waals surface area contributed by atoms with Gasteiger partial charge in [0.1, 0.15) is 5.75 Å². The molecule has 0 spiro atoms. The van der Waals surface area contributed by atoms with Gasteiger partial charge in [0, 0.05) is 33.9 Å². The van der Waals surface area contributed by atoms with Crippen LogP contribution in [-0.2, 0) is 13.0 Å². The summed E-state index contributed by atoms with van der Waals surface area (Å²) < 4.78 is 7.09. The van der Waals surface area contributed by atoms with Gasteiger partial charge in [0.15, 0.2) is 0 Å². The van der Waals surface area contributed by atoms with Gasteiger partial charge in [-0.25, -0.2) is 4.98 Å². The fourth-order valence-electron chi connectivity index (χ4n) is 2.19. The van der Waals surface area contributed by atoms with Crippen LogP contribution in [0.1, 0.15) is 29.0 Å². The van der Waals surface area contributed by atoms with Gasteiger partial charge in [-0.3, -0.25) is 0 Å². The third-order valence-electron chi connectivity index (χ3n) is 3.61. The first-order chi connectivity index (χ1) is 10.2. The molecule has 0 atom stereocenters. The van der Waals surface area contributed by atoms with E-state index >= 15 is 0 Å². The van der Waals surface area contributed by atoms with Crippen molar-refractivity contribution in [1.29, 1.82) is 0 Å². The zero-order valence-corrected chi connectivity index (χ0v) is 14.5. The van der Waals surface area contributed by atoms with Gasteiger partial charge in [0.25, 0.3) is 0 Å². The van der Waals surface area contributed by atoms with Crippen molar-refractivity contribution in [1.82, 2.24) is 10.3 Å². The summed E-state index contributed by atoms with van der Waals surface area (Å²) in [6.07, 6.45) is 3.52. The van der Waals surface area contributed by atoms with Crippen LogP contribution in [0.15, 0.2) is 28.2 Å². The number of nitrogens with one attached hydrogen (secondary N) is 1. The molecule has 0 aliphatic heterocycles. The van der Waals surface area contributed by atoms with Gasteiger partial charge in [0.05, 0.1) is 17.8 Å². The minimum atomic E-state index is 0.696. The number of hydrogen-bond donors (Lipinski definition) is 1.